The van der Waals surface area contributed by atoms with Crippen LogP contribution in [0.25, 0.3) is 22.3 Å². The molecule has 2 heterocycles. The first kappa shape index (κ1) is 36.3. The van der Waals surface area contributed by atoms with E-state index < -0.39 is 35.4 Å². The average molecular weight is 714 g/mol. The number of carbonyl (C=O) groups excluding carboxylic acids is 1. The van der Waals surface area contributed by atoms with Crippen LogP contribution >= 0.6 is 0 Å². The van der Waals surface area contributed by atoms with Crippen LogP contribution < -0.4 is 4.74 Å². The lowest BCUT2D eigenvalue weighted by atomic mass is 10.0. The van der Waals surface area contributed by atoms with E-state index in [1.54, 1.807) is 49.9 Å². The number of benzene rings is 3. The van der Waals surface area contributed by atoms with Crippen molar-refractivity contribution in [3.8, 4) is 23.2 Å². The summed E-state index contributed by atoms with van der Waals surface area (Å²) in [6, 6.07) is 17.8. The molecule has 1 amide bonds. The normalized spacial score (nSPS) is 13.5. The van der Waals surface area contributed by atoms with Crippen LogP contribution in [0.1, 0.15) is 68.0 Å². The Kier molecular flexibility index (Phi) is 10.5. The van der Waals surface area contributed by atoms with Gasteiger partial charge >= 0.3 is 6.09 Å². The number of halogens is 3. The molecule has 13 heteroatoms. The molecule has 0 radical (unpaired) electrons. The fourth-order valence-electron chi connectivity index (χ4n) is 5.82. The van der Waals surface area contributed by atoms with Crippen molar-refractivity contribution in [1.29, 1.82) is 5.26 Å². The fourth-order valence-corrected chi connectivity index (χ4v) is 5.82. The van der Waals surface area contributed by atoms with Crippen LogP contribution in [0.5, 0.6) is 5.88 Å². The summed E-state index contributed by atoms with van der Waals surface area (Å²) in [6.07, 6.45) is 0.0244. The Morgan fingerprint density at radius 2 is 1.79 bits per heavy atom. The number of aliphatic hydroxyl groups is 1. The number of carbonyl (C=O) groups is 1. The molecule has 52 heavy (non-hydrogen) atoms. The summed E-state index contributed by atoms with van der Waals surface area (Å²) in [4.78, 5) is 23.9. The number of fused-ring (bicyclic) bond motifs is 1. The Labute approximate surface area is 299 Å². The second-order valence-electron chi connectivity index (χ2n) is 13.6. The number of pyridine rings is 1. The summed E-state index contributed by atoms with van der Waals surface area (Å²) in [5.41, 5.74) is 1.44. The van der Waals surface area contributed by atoms with Crippen molar-refractivity contribution in [2.24, 2.45) is 0 Å². The molecule has 1 saturated carbocycles. The van der Waals surface area contributed by atoms with Crippen molar-refractivity contribution in [3.05, 3.63) is 112 Å². The van der Waals surface area contributed by atoms with Gasteiger partial charge in [0.25, 0.3) is 0 Å². The molecular weight excluding hydrogens is 675 g/mol. The zero-order valence-electron chi connectivity index (χ0n) is 29.2. The summed E-state index contributed by atoms with van der Waals surface area (Å²) >= 11 is 0. The molecule has 1 aliphatic carbocycles. The minimum absolute atomic E-state index is 0.0462. The molecule has 0 bridgehead atoms. The minimum atomic E-state index is -1.19. The van der Waals surface area contributed by atoms with Gasteiger partial charge in [0.2, 0.25) is 5.88 Å². The highest BCUT2D eigenvalue weighted by molar-refractivity contribution is 5.77. The number of nitrogens with zero attached hydrogens (tertiary/aromatic N) is 5. The lowest BCUT2D eigenvalue weighted by Gasteiger charge is -2.28. The maximum atomic E-state index is 15.8. The molecule has 0 aliphatic heterocycles. The van der Waals surface area contributed by atoms with Crippen molar-refractivity contribution in [2.75, 3.05) is 13.7 Å². The van der Waals surface area contributed by atoms with Gasteiger partial charge < -0.3 is 28.8 Å². The SMILES string of the molecule is COC(O)c1ccc2nc(Cc3cc(F)c(-c4cccc(OCc5ccc(C#N)cc5F)n4)cc3F)n(CCN(C(=O)OC(C)(C)C)C3CC3)c2c1. The van der Waals surface area contributed by atoms with Gasteiger partial charge in [-0.2, -0.15) is 5.26 Å². The minimum Gasteiger partial charge on any atom is -0.473 e. The van der Waals surface area contributed by atoms with E-state index in [-0.39, 0.29) is 66.0 Å². The highest BCUT2D eigenvalue weighted by Gasteiger charge is 2.35. The van der Waals surface area contributed by atoms with Gasteiger partial charge in [-0.25, -0.2) is 27.9 Å². The maximum Gasteiger partial charge on any atom is 0.410 e. The molecule has 1 N–H and O–H groups in total. The monoisotopic (exact) mass is 713 g/mol. The van der Waals surface area contributed by atoms with E-state index in [4.69, 9.17) is 24.5 Å². The number of nitriles is 1. The van der Waals surface area contributed by atoms with E-state index in [1.165, 1.54) is 31.4 Å². The van der Waals surface area contributed by atoms with Gasteiger partial charge in [-0.05, 0) is 81.6 Å². The molecule has 5 aromatic rings. The number of hydrogen-bond donors (Lipinski definition) is 1. The molecule has 0 saturated heterocycles. The Balaban J connectivity index is 1.27. The zero-order chi connectivity index (χ0) is 37.2. The molecule has 270 valence electrons. The van der Waals surface area contributed by atoms with Crippen molar-refractivity contribution >= 4 is 17.1 Å². The molecule has 6 rings (SSSR count). The lowest BCUT2D eigenvalue weighted by molar-refractivity contribution is -0.0768. The van der Waals surface area contributed by atoms with Gasteiger partial charge in [-0.15, -0.1) is 0 Å². The molecule has 1 unspecified atom stereocenters. The highest BCUT2D eigenvalue weighted by atomic mass is 19.1. The van der Waals surface area contributed by atoms with E-state index in [9.17, 15) is 14.3 Å². The summed E-state index contributed by atoms with van der Waals surface area (Å²) in [6.45, 7) is 5.79. The number of hydrogen-bond acceptors (Lipinski definition) is 8. The smallest absolute Gasteiger partial charge is 0.410 e. The van der Waals surface area contributed by atoms with Crippen LogP contribution in [0, 0.1) is 28.8 Å². The van der Waals surface area contributed by atoms with E-state index in [2.05, 4.69) is 4.98 Å². The number of aliphatic hydroxyl groups excluding tert-OH is 1. The first-order valence-electron chi connectivity index (χ1n) is 16.8. The van der Waals surface area contributed by atoms with Gasteiger partial charge in [0.1, 0.15) is 35.5 Å². The number of aromatic nitrogens is 3. The van der Waals surface area contributed by atoms with Gasteiger partial charge in [0, 0.05) is 55.4 Å². The number of ether oxygens (including phenoxy) is 3. The zero-order valence-corrected chi connectivity index (χ0v) is 29.2. The van der Waals surface area contributed by atoms with Gasteiger partial charge in [-0.1, -0.05) is 18.2 Å². The second kappa shape index (κ2) is 15.0. The van der Waals surface area contributed by atoms with Gasteiger partial charge in [0.15, 0.2) is 6.29 Å². The van der Waals surface area contributed by atoms with E-state index in [1.807, 2.05) is 10.6 Å². The molecule has 1 atom stereocenters. The highest BCUT2D eigenvalue weighted by Crippen LogP contribution is 2.31. The average Bonchev–Trinajstić information content (AvgIpc) is 3.89. The Hall–Kier alpha value is -5.45. The predicted molar refractivity (Wildman–Crippen MR) is 186 cm³/mol. The quantitative estimate of drug-likeness (QED) is 0.131. The second-order valence-corrected chi connectivity index (χ2v) is 13.6. The van der Waals surface area contributed by atoms with Crippen LogP contribution in [0.3, 0.4) is 0 Å². The van der Waals surface area contributed by atoms with Crippen LogP contribution in [0.2, 0.25) is 0 Å². The van der Waals surface area contributed by atoms with Crippen LogP contribution in [0.15, 0.2) is 66.7 Å². The first-order valence-corrected chi connectivity index (χ1v) is 16.8. The van der Waals surface area contributed by atoms with E-state index in [0.717, 1.165) is 31.0 Å². The molecule has 1 aliphatic rings. The third-order valence-electron chi connectivity index (χ3n) is 8.58. The predicted octanol–water partition coefficient (Wildman–Crippen LogP) is 7.59. The maximum absolute atomic E-state index is 15.8. The number of rotatable bonds is 12. The molecule has 2 aromatic heterocycles. The number of amides is 1. The van der Waals surface area contributed by atoms with Crippen LogP contribution in [-0.4, -0.2) is 55.9 Å². The first-order chi connectivity index (χ1) is 24.8. The largest absolute Gasteiger partial charge is 0.473 e. The third kappa shape index (κ3) is 8.36. The summed E-state index contributed by atoms with van der Waals surface area (Å²) in [7, 11) is 1.38. The number of imidazole rings is 1. The van der Waals surface area contributed by atoms with Gasteiger partial charge in [0.05, 0.1) is 28.4 Å². The molecule has 0 spiro atoms. The van der Waals surface area contributed by atoms with Crippen molar-refractivity contribution < 1.29 is 37.3 Å². The van der Waals surface area contributed by atoms with Gasteiger partial charge in [-0.3, -0.25) is 0 Å². The van der Waals surface area contributed by atoms with Crippen molar-refractivity contribution in [1.82, 2.24) is 19.4 Å². The van der Waals surface area contributed by atoms with E-state index >= 15 is 8.78 Å². The van der Waals surface area contributed by atoms with Crippen LogP contribution in [-0.2, 0) is 29.0 Å². The van der Waals surface area contributed by atoms with Crippen LogP contribution in [0.4, 0.5) is 18.0 Å². The topological polar surface area (TPSA) is 123 Å². The summed E-state index contributed by atoms with van der Waals surface area (Å²) in [5.74, 6) is -1.52. The Morgan fingerprint density at radius 3 is 2.48 bits per heavy atom. The fraction of sp³-hybridized carbons (Fsp3) is 0.333. The third-order valence-corrected chi connectivity index (χ3v) is 8.58. The Morgan fingerprint density at radius 1 is 1.02 bits per heavy atom. The molecule has 1 fully saturated rings. The van der Waals surface area contributed by atoms with Crippen molar-refractivity contribution in [3.63, 3.8) is 0 Å². The summed E-state index contributed by atoms with van der Waals surface area (Å²) < 4.78 is 64.1. The van der Waals surface area contributed by atoms with Crippen molar-refractivity contribution in [2.45, 2.75) is 71.1 Å². The Bertz CT molecular complexity index is 2160. The lowest BCUT2D eigenvalue weighted by Crippen LogP contribution is -2.40. The number of methoxy groups -OCH3 is 1. The summed E-state index contributed by atoms with van der Waals surface area (Å²) in [5, 5.41) is 19.3. The standard InChI is InChI=1S/C39H38F3N5O5/c1-39(2,3)52-38(49)46(27-11-12-27)14-15-47-34-18-24(37(48)50-4)10-13-33(34)44-35(47)19-26-17-31(42)28(20-30(26)41)32-6-5-7-36(45-32)51-22-25-9-8-23(21-43)16-29(25)40/h5-10,13,16-18,20,27,37,48H,11-12,14-15,19,22H2,1-4H3. The molecular formula is C39H38F3N5O5. The molecule has 3 aromatic carbocycles. The van der Waals surface area contributed by atoms with E-state index in [0.29, 0.717) is 22.4 Å². The molecule has 10 nitrogen and oxygen atoms in total.